The van der Waals surface area contributed by atoms with Gasteiger partial charge in [0.1, 0.15) is 0 Å². The van der Waals surface area contributed by atoms with Gasteiger partial charge in [0.25, 0.3) is 0 Å². The molecule has 3 N–H and O–H groups in total. The molecule has 2 nitrogen and oxygen atoms in total. The SMILES string of the molecule is NC(=S)Nc1cccc(-c2cccc(Cl)c2)c1. The average molecular weight is 263 g/mol. The third-order valence-electron chi connectivity index (χ3n) is 2.29. The van der Waals surface area contributed by atoms with Crippen LogP contribution in [0.3, 0.4) is 0 Å². The number of hydrogen-bond acceptors (Lipinski definition) is 1. The number of thiocarbonyl (C=S) groups is 1. The fourth-order valence-corrected chi connectivity index (χ4v) is 1.89. The first-order chi connectivity index (χ1) is 8.15. The van der Waals surface area contributed by atoms with Crippen LogP contribution >= 0.6 is 23.8 Å². The minimum atomic E-state index is 0.258. The van der Waals surface area contributed by atoms with Gasteiger partial charge in [0.05, 0.1) is 0 Å². The molecule has 0 saturated heterocycles. The maximum atomic E-state index is 5.96. The summed E-state index contributed by atoms with van der Waals surface area (Å²) in [4.78, 5) is 0. The summed E-state index contributed by atoms with van der Waals surface area (Å²) in [7, 11) is 0. The molecule has 0 heterocycles. The summed E-state index contributed by atoms with van der Waals surface area (Å²) < 4.78 is 0. The minimum absolute atomic E-state index is 0.258. The van der Waals surface area contributed by atoms with E-state index in [4.69, 9.17) is 29.6 Å². The fraction of sp³-hybridized carbons (Fsp3) is 0. The number of benzene rings is 2. The number of anilines is 1. The molecule has 0 atom stereocenters. The van der Waals surface area contributed by atoms with Crippen molar-refractivity contribution in [3.63, 3.8) is 0 Å². The Hall–Kier alpha value is -1.58. The number of hydrogen-bond donors (Lipinski definition) is 2. The van der Waals surface area contributed by atoms with Crippen LogP contribution in [0.2, 0.25) is 5.02 Å². The Labute approximate surface area is 110 Å². The van der Waals surface area contributed by atoms with Crippen molar-refractivity contribution in [2.45, 2.75) is 0 Å². The highest BCUT2D eigenvalue weighted by molar-refractivity contribution is 7.80. The number of rotatable bonds is 2. The van der Waals surface area contributed by atoms with E-state index in [-0.39, 0.29) is 5.11 Å². The van der Waals surface area contributed by atoms with Gasteiger partial charge in [0.15, 0.2) is 5.11 Å². The molecule has 0 fully saturated rings. The highest BCUT2D eigenvalue weighted by Crippen LogP contribution is 2.24. The molecule has 0 aliphatic carbocycles. The lowest BCUT2D eigenvalue weighted by atomic mass is 10.1. The lowest BCUT2D eigenvalue weighted by Gasteiger charge is -2.07. The van der Waals surface area contributed by atoms with Crippen LogP contribution < -0.4 is 11.1 Å². The van der Waals surface area contributed by atoms with E-state index in [1.807, 2.05) is 48.5 Å². The predicted molar refractivity (Wildman–Crippen MR) is 77.3 cm³/mol. The summed E-state index contributed by atoms with van der Waals surface area (Å²) in [6.45, 7) is 0. The van der Waals surface area contributed by atoms with E-state index >= 15 is 0 Å². The molecule has 4 heteroatoms. The van der Waals surface area contributed by atoms with Crippen LogP contribution in [0.15, 0.2) is 48.5 Å². The van der Waals surface area contributed by atoms with Gasteiger partial charge in [-0.25, -0.2) is 0 Å². The van der Waals surface area contributed by atoms with Gasteiger partial charge in [-0.15, -0.1) is 0 Å². The molecule has 0 amide bonds. The lowest BCUT2D eigenvalue weighted by Crippen LogP contribution is -2.18. The molecular formula is C13H11ClN2S. The molecule has 2 aromatic rings. The van der Waals surface area contributed by atoms with Gasteiger partial charge < -0.3 is 11.1 Å². The van der Waals surface area contributed by atoms with E-state index in [0.717, 1.165) is 21.8 Å². The first kappa shape index (κ1) is 11.9. The normalized spacial score (nSPS) is 9.94. The second-order valence-corrected chi connectivity index (χ2v) is 4.46. The van der Waals surface area contributed by atoms with E-state index < -0.39 is 0 Å². The van der Waals surface area contributed by atoms with Crippen molar-refractivity contribution in [1.29, 1.82) is 0 Å². The van der Waals surface area contributed by atoms with Crippen LogP contribution in [0, 0.1) is 0 Å². The zero-order valence-corrected chi connectivity index (χ0v) is 10.6. The molecule has 0 unspecified atom stereocenters. The summed E-state index contributed by atoms with van der Waals surface area (Å²) in [6, 6.07) is 15.5. The Morgan fingerprint density at radius 1 is 1.06 bits per heavy atom. The Balaban J connectivity index is 2.36. The zero-order valence-electron chi connectivity index (χ0n) is 8.98. The maximum Gasteiger partial charge on any atom is 0.168 e. The summed E-state index contributed by atoms with van der Waals surface area (Å²) in [5.41, 5.74) is 8.43. The molecule has 0 aliphatic heterocycles. The summed E-state index contributed by atoms with van der Waals surface area (Å²) in [6.07, 6.45) is 0. The third kappa shape index (κ3) is 3.19. The van der Waals surface area contributed by atoms with Crippen LogP contribution in [-0.2, 0) is 0 Å². The van der Waals surface area contributed by atoms with Crippen LogP contribution in [0.5, 0.6) is 0 Å². The Kier molecular flexibility index (Phi) is 3.61. The van der Waals surface area contributed by atoms with E-state index in [1.54, 1.807) is 0 Å². The van der Waals surface area contributed by atoms with Gasteiger partial charge in [-0.3, -0.25) is 0 Å². The van der Waals surface area contributed by atoms with Crippen LogP contribution in [-0.4, -0.2) is 5.11 Å². The van der Waals surface area contributed by atoms with Crippen molar-refractivity contribution in [1.82, 2.24) is 0 Å². The van der Waals surface area contributed by atoms with Crippen LogP contribution in [0.1, 0.15) is 0 Å². The Morgan fingerprint density at radius 2 is 1.71 bits per heavy atom. The average Bonchev–Trinajstić information content (AvgIpc) is 2.28. The van der Waals surface area contributed by atoms with Crippen molar-refractivity contribution in [3.8, 4) is 11.1 Å². The van der Waals surface area contributed by atoms with E-state index in [1.165, 1.54) is 0 Å². The lowest BCUT2D eigenvalue weighted by molar-refractivity contribution is 1.58. The Morgan fingerprint density at radius 3 is 2.35 bits per heavy atom. The number of halogens is 1. The smallest absolute Gasteiger partial charge is 0.168 e. The molecule has 0 saturated carbocycles. The van der Waals surface area contributed by atoms with Gasteiger partial charge in [-0.05, 0) is 47.6 Å². The molecule has 0 aromatic heterocycles. The van der Waals surface area contributed by atoms with Crippen molar-refractivity contribution >= 4 is 34.6 Å². The predicted octanol–water partition coefficient (Wildman–Crippen LogP) is 3.66. The van der Waals surface area contributed by atoms with E-state index in [0.29, 0.717) is 0 Å². The highest BCUT2D eigenvalue weighted by atomic mass is 35.5. The van der Waals surface area contributed by atoms with Gasteiger partial charge in [0.2, 0.25) is 0 Å². The van der Waals surface area contributed by atoms with E-state index in [9.17, 15) is 0 Å². The van der Waals surface area contributed by atoms with Crippen LogP contribution in [0.4, 0.5) is 5.69 Å². The maximum absolute atomic E-state index is 5.96. The van der Waals surface area contributed by atoms with Crippen molar-refractivity contribution in [3.05, 3.63) is 53.6 Å². The number of nitrogens with two attached hydrogens (primary N) is 1. The zero-order chi connectivity index (χ0) is 12.3. The topological polar surface area (TPSA) is 38.0 Å². The third-order valence-corrected chi connectivity index (χ3v) is 2.63. The van der Waals surface area contributed by atoms with Crippen molar-refractivity contribution in [2.24, 2.45) is 5.73 Å². The highest BCUT2D eigenvalue weighted by Gasteiger charge is 2.00. The second kappa shape index (κ2) is 5.17. The second-order valence-electron chi connectivity index (χ2n) is 3.58. The quantitative estimate of drug-likeness (QED) is 0.811. The molecule has 0 bridgehead atoms. The minimum Gasteiger partial charge on any atom is -0.376 e. The fourth-order valence-electron chi connectivity index (χ4n) is 1.59. The van der Waals surface area contributed by atoms with E-state index in [2.05, 4.69) is 5.32 Å². The molecule has 17 heavy (non-hydrogen) atoms. The molecule has 0 radical (unpaired) electrons. The molecular weight excluding hydrogens is 252 g/mol. The molecule has 86 valence electrons. The first-order valence-corrected chi connectivity index (χ1v) is 5.86. The molecule has 0 aliphatic rings. The number of nitrogens with one attached hydrogen (secondary N) is 1. The summed E-state index contributed by atoms with van der Waals surface area (Å²) in [5.74, 6) is 0. The summed E-state index contributed by atoms with van der Waals surface area (Å²) in [5, 5.41) is 3.88. The molecule has 2 rings (SSSR count). The monoisotopic (exact) mass is 262 g/mol. The molecule has 2 aromatic carbocycles. The van der Waals surface area contributed by atoms with Gasteiger partial charge in [-0.2, -0.15) is 0 Å². The largest absolute Gasteiger partial charge is 0.376 e. The summed E-state index contributed by atoms with van der Waals surface area (Å²) >= 11 is 10.8. The molecule has 0 spiro atoms. The van der Waals surface area contributed by atoms with Gasteiger partial charge >= 0.3 is 0 Å². The van der Waals surface area contributed by atoms with Gasteiger partial charge in [0, 0.05) is 10.7 Å². The standard InChI is InChI=1S/C13H11ClN2S/c14-11-5-1-3-9(7-11)10-4-2-6-12(8-10)16-13(15)17/h1-8H,(H3,15,16,17). The first-order valence-electron chi connectivity index (χ1n) is 5.07. The van der Waals surface area contributed by atoms with Crippen LogP contribution in [0.25, 0.3) is 11.1 Å². The van der Waals surface area contributed by atoms with Crippen molar-refractivity contribution in [2.75, 3.05) is 5.32 Å². The van der Waals surface area contributed by atoms with Gasteiger partial charge in [-0.1, -0.05) is 35.9 Å². The van der Waals surface area contributed by atoms with Crippen molar-refractivity contribution < 1.29 is 0 Å². The Bertz CT molecular complexity index is 555.